The Morgan fingerprint density at radius 1 is 0.929 bits per heavy atom. The van der Waals surface area contributed by atoms with Crippen LogP contribution >= 0.6 is 34.8 Å². The van der Waals surface area contributed by atoms with Crippen molar-refractivity contribution in [3.8, 4) is 11.6 Å². The van der Waals surface area contributed by atoms with E-state index in [-0.39, 0.29) is 17.5 Å². The highest BCUT2D eigenvalue weighted by molar-refractivity contribution is 6.63. The van der Waals surface area contributed by atoms with Gasteiger partial charge >= 0.3 is 7.12 Å². The van der Waals surface area contributed by atoms with E-state index in [4.69, 9.17) is 48.8 Å². The van der Waals surface area contributed by atoms with E-state index in [1.54, 1.807) is 18.2 Å². The lowest BCUT2D eigenvalue weighted by Gasteiger charge is -2.32. The van der Waals surface area contributed by atoms with Crippen molar-refractivity contribution >= 4 is 47.4 Å². The van der Waals surface area contributed by atoms with Crippen molar-refractivity contribution in [3.63, 3.8) is 0 Å². The summed E-state index contributed by atoms with van der Waals surface area (Å²) >= 11 is 19.0. The first-order valence-electron chi connectivity index (χ1n) is 8.97. The number of nitrogens with zero attached hydrogens (tertiary/aromatic N) is 2. The van der Waals surface area contributed by atoms with Gasteiger partial charge in [-0.05, 0) is 56.8 Å². The molecule has 0 amide bonds. The summed E-state index contributed by atoms with van der Waals surface area (Å²) in [5.41, 5.74) is 0.620. The van der Waals surface area contributed by atoms with E-state index in [0.29, 0.717) is 20.7 Å². The predicted molar refractivity (Wildman–Crippen MR) is 113 cm³/mol. The molecule has 28 heavy (non-hydrogen) atoms. The molecular weight excluding hydrogens is 421 g/mol. The molecule has 1 aliphatic heterocycles. The molecule has 0 atom stereocenters. The first-order chi connectivity index (χ1) is 12.9. The third-order valence-corrected chi connectivity index (χ3v) is 5.98. The van der Waals surface area contributed by atoms with Gasteiger partial charge in [0.05, 0.1) is 21.2 Å². The molecule has 9 heteroatoms. The zero-order valence-corrected chi connectivity index (χ0v) is 18.9. The third-order valence-electron chi connectivity index (χ3n) is 5.13. The van der Waals surface area contributed by atoms with Crippen LogP contribution in [0, 0.1) is 0 Å². The zero-order chi connectivity index (χ0) is 20.9. The number of hydrogen-bond acceptors (Lipinski definition) is 5. The normalized spacial score (nSPS) is 18.0. The van der Waals surface area contributed by atoms with Gasteiger partial charge in [-0.1, -0.05) is 48.7 Å². The van der Waals surface area contributed by atoms with Crippen molar-refractivity contribution in [2.45, 2.75) is 58.7 Å². The van der Waals surface area contributed by atoms with Crippen LogP contribution in [0.25, 0.3) is 0 Å². The Hall–Kier alpha value is -1.05. The SMILES string of the molecule is CC(C)c1cc(Oc2c(Cl)cc(B3OC(C)(C)C(C)(C)O3)cc2Cl)nnc1Cl. The van der Waals surface area contributed by atoms with Gasteiger partial charge in [0.2, 0.25) is 5.88 Å². The van der Waals surface area contributed by atoms with Crippen molar-refractivity contribution in [2.75, 3.05) is 0 Å². The molecule has 150 valence electrons. The van der Waals surface area contributed by atoms with E-state index in [9.17, 15) is 0 Å². The van der Waals surface area contributed by atoms with Gasteiger partial charge in [0, 0.05) is 6.07 Å². The molecule has 0 spiro atoms. The molecule has 0 bridgehead atoms. The van der Waals surface area contributed by atoms with Crippen LogP contribution in [0.3, 0.4) is 0 Å². The number of rotatable bonds is 4. The highest BCUT2D eigenvalue weighted by Crippen LogP contribution is 2.39. The van der Waals surface area contributed by atoms with Crippen LogP contribution in [0.5, 0.6) is 11.6 Å². The Morgan fingerprint density at radius 3 is 1.96 bits per heavy atom. The standard InChI is InChI=1S/C19H22BCl3N2O3/c1-10(2)12-9-15(24-25-17(12)23)26-16-13(21)7-11(8-14(16)22)20-27-18(3,4)19(5,6)28-20/h7-10H,1-6H3. The lowest BCUT2D eigenvalue weighted by atomic mass is 9.79. The minimum Gasteiger partial charge on any atom is -0.434 e. The molecule has 1 fully saturated rings. The number of benzene rings is 1. The van der Waals surface area contributed by atoms with Crippen LogP contribution in [0.2, 0.25) is 15.2 Å². The maximum Gasteiger partial charge on any atom is 0.494 e. The highest BCUT2D eigenvalue weighted by atomic mass is 35.5. The minimum absolute atomic E-state index is 0.169. The smallest absolute Gasteiger partial charge is 0.434 e. The lowest BCUT2D eigenvalue weighted by Crippen LogP contribution is -2.41. The summed E-state index contributed by atoms with van der Waals surface area (Å²) in [5, 5.41) is 8.88. The monoisotopic (exact) mass is 442 g/mol. The highest BCUT2D eigenvalue weighted by Gasteiger charge is 2.51. The molecular formula is C19H22BCl3N2O3. The van der Waals surface area contributed by atoms with Crippen LogP contribution in [0.1, 0.15) is 53.0 Å². The van der Waals surface area contributed by atoms with Gasteiger partial charge in [0.25, 0.3) is 0 Å². The second kappa shape index (κ2) is 7.65. The summed E-state index contributed by atoms with van der Waals surface area (Å²) in [4.78, 5) is 0. The molecule has 0 saturated carbocycles. The van der Waals surface area contributed by atoms with Crippen LogP contribution in [-0.2, 0) is 9.31 Å². The molecule has 1 aromatic carbocycles. The number of halogens is 3. The number of ether oxygens (including phenoxy) is 1. The Labute approximate surface area is 180 Å². The van der Waals surface area contributed by atoms with E-state index >= 15 is 0 Å². The van der Waals surface area contributed by atoms with Crippen molar-refractivity contribution in [2.24, 2.45) is 0 Å². The molecule has 1 saturated heterocycles. The topological polar surface area (TPSA) is 53.5 Å². The van der Waals surface area contributed by atoms with Crippen molar-refractivity contribution in [1.82, 2.24) is 10.2 Å². The molecule has 0 unspecified atom stereocenters. The minimum atomic E-state index is -0.572. The summed E-state index contributed by atoms with van der Waals surface area (Å²) in [5.74, 6) is 0.720. The van der Waals surface area contributed by atoms with E-state index in [0.717, 1.165) is 5.56 Å². The van der Waals surface area contributed by atoms with Gasteiger partial charge in [-0.25, -0.2) is 0 Å². The summed E-state index contributed by atoms with van der Waals surface area (Å²) in [6.45, 7) is 12.0. The average molecular weight is 444 g/mol. The first kappa shape index (κ1) is 21.7. The molecule has 0 aliphatic carbocycles. The second-order valence-corrected chi connectivity index (χ2v) is 9.26. The van der Waals surface area contributed by atoms with Gasteiger partial charge in [0.15, 0.2) is 10.9 Å². The van der Waals surface area contributed by atoms with Gasteiger partial charge in [-0.15, -0.1) is 10.2 Å². The first-order valence-corrected chi connectivity index (χ1v) is 10.1. The van der Waals surface area contributed by atoms with Gasteiger partial charge in [0.1, 0.15) is 0 Å². The van der Waals surface area contributed by atoms with Crippen LogP contribution in [0.15, 0.2) is 18.2 Å². The van der Waals surface area contributed by atoms with Crippen LogP contribution in [0.4, 0.5) is 0 Å². The third kappa shape index (κ3) is 4.12. The lowest BCUT2D eigenvalue weighted by molar-refractivity contribution is 0.00578. The molecule has 3 rings (SSSR count). The van der Waals surface area contributed by atoms with Crippen molar-refractivity contribution < 1.29 is 14.0 Å². The molecule has 1 aromatic heterocycles. The fourth-order valence-corrected chi connectivity index (χ4v) is 3.62. The van der Waals surface area contributed by atoms with E-state index < -0.39 is 18.3 Å². The molecule has 0 N–H and O–H groups in total. The Balaban J connectivity index is 1.89. The summed E-state index contributed by atoms with van der Waals surface area (Å²) in [6, 6.07) is 5.17. The Morgan fingerprint density at radius 2 is 1.46 bits per heavy atom. The van der Waals surface area contributed by atoms with E-state index in [2.05, 4.69) is 10.2 Å². The molecule has 0 radical (unpaired) electrons. The largest absolute Gasteiger partial charge is 0.494 e. The fraction of sp³-hybridized carbons (Fsp3) is 0.474. The Kier molecular flexibility index (Phi) is 5.92. The maximum atomic E-state index is 6.44. The quantitative estimate of drug-likeness (QED) is 0.572. The molecule has 2 heterocycles. The number of aromatic nitrogens is 2. The second-order valence-electron chi connectivity index (χ2n) is 8.09. The van der Waals surface area contributed by atoms with Crippen LogP contribution in [-0.4, -0.2) is 28.5 Å². The van der Waals surface area contributed by atoms with Crippen LogP contribution < -0.4 is 10.2 Å². The summed E-state index contributed by atoms with van der Waals surface area (Å²) in [6.07, 6.45) is 0. The fourth-order valence-electron chi connectivity index (χ4n) is 2.72. The molecule has 5 nitrogen and oxygen atoms in total. The molecule has 2 aromatic rings. The summed E-state index contributed by atoms with van der Waals surface area (Å²) in [7, 11) is -0.572. The maximum absolute atomic E-state index is 6.44. The van der Waals surface area contributed by atoms with Crippen molar-refractivity contribution in [3.05, 3.63) is 39.0 Å². The number of hydrogen-bond donors (Lipinski definition) is 0. The zero-order valence-electron chi connectivity index (χ0n) is 16.6. The summed E-state index contributed by atoms with van der Waals surface area (Å²) < 4.78 is 17.9. The van der Waals surface area contributed by atoms with E-state index in [1.165, 1.54) is 0 Å². The average Bonchev–Trinajstić information content (AvgIpc) is 2.80. The van der Waals surface area contributed by atoms with E-state index in [1.807, 2.05) is 41.5 Å². The van der Waals surface area contributed by atoms with Gasteiger partial charge in [-0.2, -0.15) is 0 Å². The van der Waals surface area contributed by atoms with Gasteiger partial charge in [-0.3, -0.25) is 0 Å². The molecule has 1 aliphatic rings. The predicted octanol–water partition coefficient (Wildman–Crippen LogP) is 5.65. The van der Waals surface area contributed by atoms with Crippen molar-refractivity contribution in [1.29, 1.82) is 0 Å². The van der Waals surface area contributed by atoms with Gasteiger partial charge < -0.3 is 14.0 Å². The Bertz CT molecular complexity index is 867.